The SMILES string of the molecule is COC(=O)C1CC=CC=C1c1ccc(C)cc1. The lowest BCUT2D eigenvalue weighted by Gasteiger charge is -2.19. The van der Waals surface area contributed by atoms with E-state index in [1.54, 1.807) is 0 Å². The third-order valence-electron chi connectivity index (χ3n) is 3.03. The third kappa shape index (κ3) is 2.47. The Kier molecular flexibility index (Phi) is 3.43. The van der Waals surface area contributed by atoms with Crippen LogP contribution in [0.4, 0.5) is 0 Å². The second-order valence-corrected chi connectivity index (χ2v) is 4.23. The van der Waals surface area contributed by atoms with Crippen molar-refractivity contribution in [1.82, 2.24) is 0 Å². The van der Waals surface area contributed by atoms with Gasteiger partial charge >= 0.3 is 5.97 Å². The Morgan fingerprint density at radius 2 is 2.00 bits per heavy atom. The molecule has 0 aromatic heterocycles. The van der Waals surface area contributed by atoms with Crippen LogP contribution in [0.1, 0.15) is 17.5 Å². The number of benzene rings is 1. The van der Waals surface area contributed by atoms with E-state index in [1.165, 1.54) is 12.7 Å². The molecule has 2 nitrogen and oxygen atoms in total. The number of hydrogen-bond donors (Lipinski definition) is 0. The average molecular weight is 228 g/mol. The molecule has 0 bridgehead atoms. The molecule has 0 radical (unpaired) electrons. The van der Waals surface area contributed by atoms with E-state index in [0.29, 0.717) is 6.42 Å². The molecule has 0 aliphatic heterocycles. The van der Waals surface area contributed by atoms with Gasteiger partial charge in [0.25, 0.3) is 0 Å². The van der Waals surface area contributed by atoms with E-state index in [4.69, 9.17) is 4.74 Å². The fourth-order valence-corrected chi connectivity index (χ4v) is 2.04. The summed E-state index contributed by atoms with van der Waals surface area (Å²) in [5, 5.41) is 0. The molecular weight excluding hydrogens is 212 g/mol. The molecule has 0 N–H and O–H groups in total. The van der Waals surface area contributed by atoms with Gasteiger partial charge in [0.1, 0.15) is 0 Å². The van der Waals surface area contributed by atoms with E-state index < -0.39 is 0 Å². The number of rotatable bonds is 2. The molecule has 0 fully saturated rings. The van der Waals surface area contributed by atoms with Gasteiger partial charge in [-0.2, -0.15) is 0 Å². The summed E-state index contributed by atoms with van der Waals surface area (Å²) < 4.78 is 4.85. The summed E-state index contributed by atoms with van der Waals surface area (Å²) in [5.41, 5.74) is 3.35. The average Bonchev–Trinajstić information content (AvgIpc) is 2.39. The monoisotopic (exact) mass is 228 g/mol. The van der Waals surface area contributed by atoms with Crippen molar-refractivity contribution in [3.63, 3.8) is 0 Å². The maximum absolute atomic E-state index is 11.7. The van der Waals surface area contributed by atoms with Gasteiger partial charge in [-0.1, -0.05) is 48.1 Å². The van der Waals surface area contributed by atoms with Crippen molar-refractivity contribution in [2.24, 2.45) is 5.92 Å². The lowest BCUT2D eigenvalue weighted by molar-refractivity contribution is -0.143. The van der Waals surface area contributed by atoms with E-state index in [0.717, 1.165) is 11.1 Å². The largest absolute Gasteiger partial charge is 0.469 e. The molecule has 0 saturated carbocycles. The molecule has 1 aromatic carbocycles. The van der Waals surface area contributed by atoms with Crippen molar-refractivity contribution < 1.29 is 9.53 Å². The first kappa shape index (κ1) is 11.6. The second kappa shape index (κ2) is 5.00. The van der Waals surface area contributed by atoms with Crippen LogP contribution in [0.3, 0.4) is 0 Å². The molecule has 0 heterocycles. The van der Waals surface area contributed by atoms with E-state index >= 15 is 0 Å². The van der Waals surface area contributed by atoms with E-state index in [1.807, 2.05) is 18.2 Å². The van der Waals surface area contributed by atoms with E-state index in [9.17, 15) is 4.79 Å². The van der Waals surface area contributed by atoms with Gasteiger partial charge in [0.15, 0.2) is 0 Å². The minimum Gasteiger partial charge on any atom is -0.469 e. The summed E-state index contributed by atoms with van der Waals surface area (Å²) in [6.07, 6.45) is 6.70. The van der Waals surface area contributed by atoms with Crippen molar-refractivity contribution >= 4 is 11.5 Å². The van der Waals surface area contributed by atoms with Gasteiger partial charge in [0.2, 0.25) is 0 Å². The first-order valence-corrected chi connectivity index (χ1v) is 5.74. The number of esters is 1. The zero-order valence-corrected chi connectivity index (χ0v) is 10.1. The Labute approximate surface area is 102 Å². The molecule has 1 unspecified atom stereocenters. The molecule has 1 aliphatic rings. The molecular formula is C15H16O2. The molecule has 1 aromatic rings. The number of ether oxygens (including phenoxy) is 1. The van der Waals surface area contributed by atoms with Crippen LogP contribution in [-0.2, 0) is 9.53 Å². The fourth-order valence-electron chi connectivity index (χ4n) is 2.04. The quantitative estimate of drug-likeness (QED) is 0.727. The van der Waals surface area contributed by atoms with Gasteiger partial charge in [-0.05, 0) is 24.5 Å². The summed E-state index contributed by atoms with van der Waals surface area (Å²) in [6.45, 7) is 2.05. The highest BCUT2D eigenvalue weighted by Gasteiger charge is 2.24. The lowest BCUT2D eigenvalue weighted by Crippen LogP contribution is -2.18. The van der Waals surface area contributed by atoms with Gasteiger partial charge in [-0.3, -0.25) is 4.79 Å². The highest BCUT2D eigenvalue weighted by Crippen LogP contribution is 2.30. The van der Waals surface area contributed by atoms with Gasteiger partial charge in [0.05, 0.1) is 13.0 Å². The Morgan fingerprint density at radius 3 is 2.65 bits per heavy atom. The second-order valence-electron chi connectivity index (χ2n) is 4.23. The number of aryl methyl sites for hydroxylation is 1. The molecule has 0 spiro atoms. The molecule has 1 atom stereocenters. The predicted molar refractivity (Wildman–Crippen MR) is 68.4 cm³/mol. The summed E-state index contributed by atoms with van der Waals surface area (Å²) in [4.78, 5) is 11.7. The maximum Gasteiger partial charge on any atom is 0.313 e. The first-order chi connectivity index (χ1) is 8.22. The van der Waals surface area contributed by atoms with Crippen molar-refractivity contribution in [2.45, 2.75) is 13.3 Å². The smallest absolute Gasteiger partial charge is 0.313 e. The van der Waals surface area contributed by atoms with Crippen molar-refractivity contribution in [3.05, 3.63) is 53.6 Å². The fraction of sp³-hybridized carbons (Fsp3) is 0.267. The first-order valence-electron chi connectivity index (χ1n) is 5.74. The van der Waals surface area contributed by atoms with E-state index in [-0.39, 0.29) is 11.9 Å². The van der Waals surface area contributed by atoms with Gasteiger partial charge in [0, 0.05) is 0 Å². The van der Waals surface area contributed by atoms with Gasteiger partial charge < -0.3 is 4.74 Å². The Morgan fingerprint density at radius 1 is 1.29 bits per heavy atom. The standard InChI is InChI=1S/C15H16O2/c1-11-7-9-12(10-8-11)13-5-3-4-6-14(13)15(16)17-2/h3-5,7-10,14H,6H2,1-2H3. The van der Waals surface area contributed by atoms with Crippen molar-refractivity contribution in [3.8, 4) is 0 Å². The van der Waals surface area contributed by atoms with Crippen LogP contribution in [-0.4, -0.2) is 13.1 Å². The molecule has 0 saturated heterocycles. The summed E-state index contributed by atoms with van der Waals surface area (Å²) >= 11 is 0. The van der Waals surface area contributed by atoms with Crippen LogP contribution in [0.25, 0.3) is 5.57 Å². The van der Waals surface area contributed by atoms with Gasteiger partial charge in [-0.25, -0.2) is 0 Å². The van der Waals surface area contributed by atoms with Crippen LogP contribution in [0.5, 0.6) is 0 Å². The molecule has 2 rings (SSSR count). The highest BCUT2D eigenvalue weighted by atomic mass is 16.5. The number of carbonyl (C=O) groups is 1. The van der Waals surface area contributed by atoms with Crippen molar-refractivity contribution in [1.29, 1.82) is 0 Å². The number of carbonyl (C=O) groups excluding carboxylic acids is 1. The highest BCUT2D eigenvalue weighted by molar-refractivity contribution is 5.89. The Balaban J connectivity index is 2.34. The minimum atomic E-state index is -0.173. The number of methoxy groups -OCH3 is 1. The Bertz CT molecular complexity index is 466. The summed E-state index contributed by atoms with van der Waals surface area (Å²) in [6, 6.07) is 8.22. The summed E-state index contributed by atoms with van der Waals surface area (Å²) in [5.74, 6) is -0.339. The molecule has 2 heteroatoms. The van der Waals surface area contributed by atoms with Crippen LogP contribution in [0, 0.1) is 12.8 Å². The zero-order valence-electron chi connectivity index (χ0n) is 10.1. The van der Waals surface area contributed by atoms with Crippen LogP contribution >= 0.6 is 0 Å². The lowest BCUT2D eigenvalue weighted by atomic mass is 9.86. The normalized spacial score (nSPS) is 18.7. The summed E-state index contributed by atoms with van der Waals surface area (Å²) in [7, 11) is 1.44. The molecule has 88 valence electrons. The predicted octanol–water partition coefficient (Wildman–Crippen LogP) is 3.13. The van der Waals surface area contributed by atoms with Crippen LogP contribution in [0.2, 0.25) is 0 Å². The molecule has 17 heavy (non-hydrogen) atoms. The number of allylic oxidation sites excluding steroid dienone is 3. The molecule has 0 amide bonds. The zero-order chi connectivity index (χ0) is 12.3. The van der Waals surface area contributed by atoms with Crippen molar-refractivity contribution in [2.75, 3.05) is 7.11 Å². The topological polar surface area (TPSA) is 26.3 Å². The third-order valence-corrected chi connectivity index (χ3v) is 3.03. The minimum absolute atomic E-state index is 0.166. The van der Waals surface area contributed by atoms with Crippen LogP contribution < -0.4 is 0 Å². The van der Waals surface area contributed by atoms with Crippen LogP contribution in [0.15, 0.2) is 42.5 Å². The maximum atomic E-state index is 11.7. The van der Waals surface area contributed by atoms with E-state index in [2.05, 4.69) is 31.2 Å². The molecule has 1 aliphatic carbocycles. The Hall–Kier alpha value is -1.83. The number of hydrogen-bond acceptors (Lipinski definition) is 2. The van der Waals surface area contributed by atoms with Gasteiger partial charge in [-0.15, -0.1) is 0 Å².